The molecule has 0 atom stereocenters. The summed E-state index contributed by atoms with van der Waals surface area (Å²) in [6, 6.07) is 5.37. The predicted molar refractivity (Wildman–Crippen MR) is 62.5 cm³/mol. The summed E-state index contributed by atoms with van der Waals surface area (Å²) in [5.74, 6) is 4.70. The lowest BCUT2D eigenvalue weighted by atomic mass is 10.2. The summed E-state index contributed by atoms with van der Waals surface area (Å²) >= 11 is 0. The molecule has 0 saturated heterocycles. The van der Waals surface area contributed by atoms with Gasteiger partial charge in [-0.15, -0.1) is 0 Å². The SMILES string of the molecule is CCN(CC)Cc1cccc(C(=O)NN)n1. The molecule has 0 bridgehead atoms. The lowest BCUT2D eigenvalue weighted by Crippen LogP contribution is -2.31. The number of aromatic nitrogens is 1. The molecular formula is C11H18N4O. The van der Waals surface area contributed by atoms with Crippen molar-refractivity contribution in [3.05, 3.63) is 29.6 Å². The van der Waals surface area contributed by atoms with E-state index in [2.05, 4.69) is 29.2 Å². The molecule has 5 heteroatoms. The van der Waals surface area contributed by atoms with Crippen LogP contribution in [0.4, 0.5) is 0 Å². The monoisotopic (exact) mass is 222 g/mol. The molecule has 1 aromatic heterocycles. The van der Waals surface area contributed by atoms with Crippen LogP contribution in [0.3, 0.4) is 0 Å². The summed E-state index contributed by atoms with van der Waals surface area (Å²) in [5.41, 5.74) is 3.31. The Bertz CT molecular complexity index is 350. The van der Waals surface area contributed by atoms with Crippen molar-refractivity contribution in [2.45, 2.75) is 20.4 Å². The molecule has 0 spiro atoms. The molecule has 0 aliphatic carbocycles. The van der Waals surface area contributed by atoms with Crippen LogP contribution in [0.15, 0.2) is 18.2 Å². The van der Waals surface area contributed by atoms with Crippen LogP contribution in [-0.2, 0) is 6.54 Å². The van der Waals surface area contributed by atoms with Gasteiger partial charge in [0.2, 0.25) is 0 Å². The van der Waals surface area contributed by atoms with Crippen molar-refractivity contribution in [1.82, 2.24) is 15.3 Å². The van der Waals surface area contributed by atoms with Gasteiger partial charge in [0, 0.05) is 6.54 Å². The van der Waals surface area contributed by atoms with E-state index in [1.165, 1.54) is 0 Å². The molecule has 0 radical (unpaired) electrons. The number of rotatable bonds is 5. The van der Waals surface area contributed by atoms with Crippen LogP contribution in [0.2, 0.25) is 0 Å². The second kappa shape index (κ2) is 6.19. The van der Waals surface area contributed by atoms with Gasteiger partial charge in [0.15, 0.2) is 0 Å². The Labute approximate surface area is 95.6 Å². The van der Waals surface area contributed by atoms with Gasteiger partial charge in [0.05, 0.1) is 5.69 Å². The van der Waals surface area contributed by atoms with Crippen molar-refractivity contribution < 1.29 is 4.79 Å². The molecule has 1 rings (SSSR count). The number of nitrogen functional groups attached to an aromatic ring is 1. The molecule has 1 heterocycles. The lowest BCUT2D eigenvalue weighted by molar-refractivity contribution is 0.0948. The number of nitrogens with one attached hydrogen (secondary N) is 1. The zero-order valence-corrected chi connectivity index (χ0v) is 9.73. The summed E-state index contributed by atoms with van der Waals surface area (Å²) < 4.78 is 0. The zero-order chi connectivity index (χ0) is 12.0. The molecule has 1 aromatic rings. The Hall–Kier alpha value is -1.46. The van der Waals surface area contributed by atoms with Gasteiger partial charge >= 0.3 is 0 Å². The summed E-state index contributed by atoms with van der Waals surface area (Å²) in [5, 5.41) is 0. The topological polar surface area (TPSA) is 71.2 Å². The third-order valence-electron chi connectivity index (χ3n) is 2.45. The van der Waals surface area contributed by atoms with Crippen LogP contribution in [-0.4, -0.2) is 28.9 Å². The molecule has 5 nitrogen and oxygen atoms in total. The first kappa shape index (κ1) is 12.6. The van der Waals surface area contributed by atoms with Gasteiger partial charge in [-0.25, -0.2) is 10.8 Å². The minimum absolute atomic E-state index is 0.354. The minimum Gasteiger partial charge on any atom is -0.298 e. The van der Waals surface area contributed by atoms with Crippen LogP contribution in [0.25, 0.3) is 0 Å². The molecule has 0 fully saturated rings. The highest BCUT2D eigenvalue weighted by Gasteiger charge is 2.07. The molecule has 0 aliphatic rings. The highest BCUT2D eigenvalue weighted by Crippen LogP contribution is 2.03. The Kier molecular flexibility index (Phi) is 4.88. The largest absolute Gasteiger partial charge is 0.298 e. The zero-order valence-electron chi connectivity index (χ0n) is 9.73. The molecule has 1 amide bonds. The first-order valence-electron chi connectivity index (χ1n) is 5.40. The number of nitrogens with zero attached hydrogens (tertiary/aromatic N) is 2. The maximum absolute atomic E-state index is 11.3. The van der Waals surface area contributed by atoms with Crippen LogP contribution in [0, 0.1) is 0 Å². The van der Waals surface area contributed by atoms with Gasteiger partial charge in [0.25, 0.3) is 5.91 Å². The van der Waals surface area contributed by atoms with E-state index in [0.717, 1.165) is 25.3 Å². The van der Waals surface area contributed by atoms with Gasteiger partial charge in [-0.3, -0.25) is 15.1 Å². The van der Waals surface area contributed by atoms with Gasteiger partial charge in [-0.05, 0) is 25.2 Å². The van der Waals surface area contributed by atoms with E-state index in [-0.39, 0.29) is 5.91 Å². The number of pyridine rings is 1. The molecular weight excluding hydrogens is 204 g/mol. The van der Waals surface area contributed by atoms with Crippen LogP contribution >= 0.6 is 0 Å². The van der Waals surface area contributed by atoms with Gasteiger partial charge in [0.1, 0.15) is 5.69 Å². The minimum atomic E-state index is -0.360. The fraction of sp³-hybridized carbons (Fsp3) is 0.455. The molecule has 3 N–H and O–H groups in total. The Morgan fingerprint density at radius 3 is 2.69 bits per heavy atom. The van der Waals surface area contributed by atoms with E-state index in [9.17, 15) is 4.79 Å². The number of hydrazine groups is 1. The second-order valence-electron chi connectivity index (χ2n) is 3.45. The summed E-state index contributed by atoms with van der Waals surface area (Å²) in [6.45, 7) is 6.87. The number of carbonyl (C=O) groups is 1. The highest BCUT2D eigenvalue weighted by molar-refractivity contribution is 5.91. The molecule has 0 saturated carbocycles. The molecule has 16 heavy (non-hydrogen) atoms. The normalized spacial score (nSPS) is 10.5. The number of amides is 1. The summed E-state index contributed by atoms with van der Waals surface area (Å²) in [4.78, 5) is 17.8. The number of hydrogen-bond donors (Lipinski definition) is 2. The van der Waals surface area contributed by atoms with Crippen LogP contribution < -0.4 is 11.3 Å². The average molecular weight is 222 g/mol. The van der Waals surface area contributed by atoms with E-state index in [0.29, 0.717) is 5.69 Å². The highest BCUT2D eigenvalue weighted by atomic mass is 16.2. The number of carbonyl (C=O) groups excluding carboxylic acids is 1. The van der Waals surface area contributed by atoms with E-state index in [1.54, 1.807) is 6.07 Å². The second-order valence-corrected chi connectivity index (χ2v) is 3.45. The average Bonchev–Trinajstić information content (AvgIpc) is 2.35. The lowest BCUT2D eigenvalue weighted by Gasteiger charge is -2.17. The van der Waals surface area contributed by atoms with Gasteiger partial charge < -0.3 is 0 Å². The Morgan fingerprint density at radius 2 is 2.12 bits per heavy atom. The van der Waals surface area contributed by atoms with E-state index in [1.807, 2.05) is 12.1 Å². The molecule has 0 aliphatic heterocycles. The van der Waals surface area contributed by atoms with Crippen molar-refractivity contribution in [1.29, 1.82) is 0 Å². The quantitative estimate of drug-likeness (QED) is 0.433. The third kappa shape index (κ3) is 3.29. The first-order valence-corrected chi connectivity index (χ1v) is 5.40. The van der Waals surface area contributed by atoms with Crippen molar-refractivity contribution in [3.8, 4) is 0 Å². The van der Waals surface area contributed by atoms with Crippen molar-refractivity contribution in [3.63, 3.8) is 0 Å². The Balaban J connectivity index is 2.78. The third-order valence-corrected chi connectivity index (χ3v) is 2.45. The fourth-order valence-electron chi connectivity index (χ4n) is 1.44. The smallest absolute Gasteiger partial charge is 0.283 e. The van der Waals surface area contributed by atoms with Crippen LogP contribution in [0.1, 0.15) is 30.0 Å². The fourth-order valence-corrected chi connectivity index (χ4v) is 1.44. The van der Waals surface area contributed by atoms with Gasteiger partial charge in [-0.1, -0.05) is 19.9 Å². The van der Waals surface area contributed by atoms with Crippen molar-refractivity contribution >= 4 is 5.91 Å². The standard InChI is InChI=1S/C11H18N4O/c1-3-15(4-2)8-9-6-5-7-10(13-9)11(16)14-12/h5-7H,3-4,8,12H2,1-2H3,(H,14,16). The van der Waals surface area contributed by atoms with Gasteiger partial charge in [-0.2, -0.15) is 0 Å². The Morgan fingerprint density at radius 1 is 1.44 bits per heavy atom. The van der Waals surface area contributed by atoms with Crippen molar-refractivity contribution in [2.75, 3.05) is 13.1 Å². The van der Waals surface area contributed by atoms with E-state index >= 15 is 0 Å². The summed E-state index contributed by atoms with van der Waals surface area (Å²) in [6.07, 6.45) is 0. The predicted octanol–water partition coefficient (Wildman–Crippen LogP) is 0.527. The van der Waals surface area contributed by atoms with Crippen LogP contribution in [0.5, 0.6) is 0 Å². The molecule has 0 unspecified atom stereocenters. The maximum Gasteiger partial charge on any atom is 0.283 e. The van der Waals surface area contributed by atoms with Crippen molar-refractivity contribution in [2.24, 2.45) is 5.84 Å². The first-order chi connectivity index (χ1) is 7.71. The summed E-state index contributed by atoms with van der Waals surface area (Å²) in [7, 11) is 0. The maximum atomic E-state index is 11.3. The molecule has 88 valence electrons. The molecule has 0 aromatic carbocycles. The number of hydrogen-bond acceptors (Lipinski definition) is 4. The van der Waals surface area contributed by atoms with E-state index < -0.39 is 0 Å². The number of nitrogens with two attached hydrogens (primary N) is 1. The van der Waals surface area contributed by atoms with E-state index in [4.69, 9.17) is 5.84 Å².